The number of hydrogen-bond donors (Lipinski definition) is 2. The molecule has 8 nitrogen and oxygen atoms in total. The van der Waals surface area contributed by atoms with Gasteiger partial charge in [0.15, 0.2) is 5.65 Å². The fourth-order valence-corrected chi connectivity index (χ4v) is 4.66. The van der Waals surface area contributed by atoms with Crippen LogP contribution in [-0.2, 0) is 0 Å². The maximum atomic E-state index is 13.4. The van der Waals surface area contributed by atoms with Crippen LogP contribution in [0, 0.1) is 0 Å². The summed E-state index contributed by atoms with van der Waals surface area (Å²) in [5, 5.41) is 3.05. The molecule has 35 heavy (non-hydrogen) atoms. The lowest BCUT2D eigenvalue weighted by Crippen LogP contribution is -2.26. The molecule has 1 amide bonds. The lowest BCUT2D eigenvalue weighted by atomic mass is 9.97. The number of nitrogen functional groups attached to an aromatic ring is 1. The van der Waals surface area contributed by atoms with Crippen molar-refractivity contribution in [1.29, 1.82) is 0 Å². The van der Waals surface area contributed by atoms with Crippen LogP contribution in [0.5, 0.6) is 11.5 Å². The van der Waals surface area contributed by atoms with Crippen LogP contribution >= 0.6 is 0 Å². The molecule has 3 N–H and O–H groups in total. The molecule has 0 spiro atoms. The fourth-order valence-electron chi connectivity index (χ4n) is 4.66. The molecule has 0 fully saturated rings. The van der Waals surface area contributed by atoms with E-state index in [0.29, 0.717) is 51.5 Å². The third-order valence-electron chi connectivity index (χ3n) is 6.47. The van der Waals surface area contributed by atoms with E-state index in [1.54, 1.807) is 24.9 Å². The van der Waals surface area contributed by atoms with E-state index in [-0.39, 0.29) is 11.7 Å². The normalized spacial score (nSPS) is 13.6. The Morgan fingerprint density at radius 2 is 1.89 bits per heavy atom. The second-order valence-electron chi connectivity index (χ2n) is 8.63. The van der Waals surface area contributed by atoms with Crippen LogP contribution in [-0.4, -0.2) is 41.2 Å². The van der Waals surface area contributed by atoms with Crippen molar-refractivity contribution in [3.8, 4) is 17.2 Å². The summed E-state index contributed by atoms with van der Waals surface area (Å²) in [6, 6.07) is 13.0. The number of anilines is 1. The van der Waals surface area contributed by atoms with Gasteiger partial charge >= 0.3 is 0 Å². The standard InChI is InChI=1S/C27H29N5O3/c1-34-18-12-13-21(22(16-18)35-2)32-25(28)23(27(33)29-15-14-17-8-4-3-5-9-17)24-26(32)31-20-11-7-6-10-19(20)30-24/h6-8,10-13,16H,3-5,9,14-15,28H2,1-2H3,(H,29,33). The zero-order valence-electron chi connectivity index (χ0n) is 20.0. The molecule has 180 valence electrons. The van der Waals surface area contributed by atoms with E-state index in [9.17, 15) is 4.79 Å². The highest BCUT2D eigenvalue weighted by Gasteiger charge is 2.26. The highest BCUT2D eigenvalue weighted by Crippen LogP contribution is 2.36. The van der Waals surface area contributed by atoms with Crippen LogP contribution < -0.4 is 20.5 Å². The summed E-state index contributed by atoms with van der Waals surface area (Å²) in [5.41, 5.74) is 11.4. The lowest BCUT2D eigenvalue weighted by molar-refractivity contribution is 0.0956. The number of fused-ring (bicyclic) bond motifs is 2. The minimum atomic E-state index is -0.264. The van der Waals surface area contributed by atoms with E-state index in [1.165, 1.54) is 18.4 Å². The Morgan fingerprint density at radius 3 is 2.60 bits per heavy atom. The fraction of sp³-hybridized carbons (Fsp3) is 0.296. The van der Waals surface area contributed by atoms with E-state index in [1.807, 2.05) is 36.4 Å². The lowest BCUT2D eigenvalue weighted by Gasteiger charge is -2.14. The van der Waals surface area contributed by atoms with Gasteiger partial charge in [-0.2, -0.15) is 0 Å². The number of carbonyl (C=O) groups is 1. The van der Waals surface area contributed by atoms with Crippen LogP contribution in [0.15, 0.2) is 54.1 Å². The number of amides is 1. The zero-order chi connectivity index (χ0) is 24.4. The van der Waals surface area contributed by atoms with Crippen molar-refractivity contribution in [3.63, 3.8) is 0 Å². The summed E-state index contributed by atoms with van der Waals surface area (Å²) < 4.78 is 12.7. The molecule has 0 aliphatic heterocycles. The number of aromatic nitrogens is 3. The minimum Gasteiger partial charge on any atom is -0.497 e. The molecule has 2 aromatic carbocycles. The van der Waals surface area contributed by atoms with Gasteiger partial charge in [-0.25, -0.2) is 9.97 Å². The Morgan fingerprint density at radius 1 is 1.09 bits per heavy atom. The molecule has 5 rings (SSSR count). The van der Waals surface area contributed by atoms with Crippen molar-refractivity contribution in [1.82, 2.24) is 19.9 Å². The molecule has 0 atom stereocenters. The first kappa shape index (κ1) is 22.7. The quantitative estimate of drug-likeness (QED) is 0.376. The first-order chi connectivity index (χ1) is 17.1. The monoisotopic (exact) mass is 471 g/mol. The SMILES string of the molecule is COc1ccc(-n2c(N)c(C(=O)NCCC3=CCCCC3)c3nc4ccccc4nc32)c(OC)c1. The van der Waals surface area contributed by atoms with Crippen LogP contribution in [0.4, 0.5) is 5.82 Å². The Hall–Kier alpha value is -4.07. The first-order valence-electron chi connectivity index (χ1n) is 11.9. The number of ether oxygens (including phenoxy) is 2. The van der Waals surface area contributed by atoms with Gasteiger partial charge in [-0.3, -0.25) is 9.36 Å². The third-order valence-corrected chi connectivity index (χ3v) is 6.47. The highest BCUT2D eigenvalue weighted by molar-refractivity contribution is 6.11. The Bertz CT molecular complexity index is 1440. The van der Waals surface area contributed by atoms with Gasteiger partial charge in [-0.1, -0.05) is 23.8 Å². The molecular formula is C27H29N5O3. The number of methoxy groups -OCH3 is 2. The molecule has 1 aliphatic carbocycles. The smallest absolute Gasteiger partial charge is 0.257 e. The molecule has 0 unspecified atom stereocenters. The Labute approximate surface area is 203 Å². The number of benzene rings is 2. The molecule has 0 radical (unpaired) electrons. The molecule has 0 saturated carbocycles. The van der Waals surface area contributed by atoms with Crippen LogP contribution in [0.3, 0.4) is 0 Å². The predicted octanol–water partition coefficient (Wildman–Crippen LogP) is 4.79. The van der Waals surface area contributed by atoms with Crippen molar-refractivity contribution < 1.29 is 14.3 Å². The Balaban J connectivity index is 1.61. The van der Waals surface area contributed by atoms with Crippen molar-refractivity contribution in [2.24, 2.45) is 0 Å². The van der Waals surface area contributed by atoms with Gasteiger partial charge in [-0.05, 0) is 56.4 Å². The maximum absolute atomic E-state index is 13.4. The number of nitrogens with two attached hydrogens (primary N) is 1. The van der Waals surface area contributed by atoms with Gasteiger partial charge < -0.3 is 20.5 Å². The number of para-hydroxylation sites is 2. The number of allylic oxidation sites excluding steroid dienone is 1. The molecule has 1 aliphatic rings. The largest absolute Gasteiger partial charge is 0.497 e. The Kier molecular flexibility index (Phi) is 6.27. The van der Waals surface area contributed by atoms with Crippen LogP contribution in [0.1, 0.15) is 42.5 Å². The second-order valence-corrected chi connectivity index (χ2v) is 8.63. The van der Waals surface area contributed by atoms with Crippen molar-refractivity contribution in [2.45, 2.75) is 32.1 Å². The summed E-state index contributed by atoms with van der Waals surface area (Å²) in [5.74, 6) is 1.18. The molecular weight excluding hydrogens is 442 g/mol. The number of rotatable bonds is 7. The number of hydrogen-bond acceptors (Lipinski definition) is 6. The van der Waals surface area contributed by atoms with E-state index >= 15 is 0 Å². The van der Waals surface area contributed by atoms with Gasteiger partial charge in [0.2, 0.25) is 0 Å². The summed E-state index contributed by atoms with van der Waals surface area (Å²) in [4.78, 5) is 23.0. The van der Waals surface area contributed by atoms with E-state index in [2.05, 4.69) is 11.4 Å². The topological polar surface area (TPSA) is 104 Å². The molecule has 2 aromatic heterocycles. The van der Waals surface area contributed by atoms with E-state index in [0.717, 1.165) is 19.3 Å². The molecule has 4 aromatic rings. The van der Waals surface area contributed by atoms with Crippen molar-refractivity contribution >= 4 is 33.9 Å². The summed E-state index contributed by atoms with van der Waals surface area (Å²) in [6.45, 7) is 0.545. The highest BCUT2D eigenvalue weighted by atomic mass is 16.5. The van der Waals surface area contributed by atoms with Crippen LogP contribution in [0.25, 0.3) is 27.9 Å². The predicted molar refractivity (Wildman–Crippen MR) is 137 cm³/mol. The zero-order valence-corrected chi connectivity index (χ0v) is 20.0. The van der Waals surface area contributed by atoms with Gasteiger partial charge in [0.05, 0.1) is 30.9 Å². The minimum absolute atomic E-state index is 0.258. The van der Waals surface area contributed by atoms with Crippen molar-refractivity contribution in [2.75, 3.05) is 26.5 Å². The molecule has 0 saturated heterocycles. The number of nitrogens with zero attached hydrogens (tertiary/aromatic N) is 3. The molecule has 0 bridgehead atoms. The summed E-state index contributed by atoms with van der Waals surface area (Å²) in [7, 11) is 3.17. The second kappa shape index (κ2) is 9.66. The summed E-state index contributed by atoms with van der Waals surface area (Å²) >= 11 is 0. The van der Waals surface area contributed by atoms with Crippen molar-refractivity contribution in [3.05, 3.63) is 59.7 Å². The molecule has 8 heteroatoms. The number of nitrogens with one attached hydrogen (secondary N) is 1. The van der Waals surface area contributed by atoms with Gasteiger partial charge in [0, 0.05) is 12.6 Å². The van der Waals surface area contributed by atoms with Crippen LogP contribution in [0.2, 0.25) is 0 Å². The molecule has 2 heterocycles. The third kappa shape index (κ3) is 4.27. The van der Waals surface area contributed by atoms with Gasteiger partial charge in [-0.15, -0.1) is 0 Å². The number of carbonyl (C=O) groups excluding carboxylic acids is 1. The average Bonchev–Trinajstić information content (AvgIpc) is 3.17. The summed E-state index contributed by atoms with van der Waals surface area (Å²) in [6.07, 6.45) is 7.82. The average molecular weight is 472 g/mol. The maximum Gasteiger partial charge on any atom is 0.257 e. The van der Waals surface area contributed by atoms with Gasteiger partial charge in [0.25, 0.3) is 5.91 Å². The van der Waals surface area contributed by atoms with E-state index < -0.39 is 0 Å². The van der Waals surface area contributed by atoms with Gasteiger partial charge in [0.1, 0.15) is 28.4 Å². The van der Waals surface area contributed by atoms with E-state index in [4.69, 9.17) is 25.2 Å². The first-order valence-corrected chi connectivity index (χ1v) is 11.9.